The standard InChI is InChI=1S/C20H19ClN2O3/c1-13(2)9-20(25)23-16-6-4-15(5-7-16)18(24)12-26-19-8-3-14(11-22)10-17(19)21/h3-8,10,13H,9,12H2,1-2H3,(H,23,25). The zero-order valence-corrected chi connectivity index (χ0v) is 15.3. The lowest BCUT2D eigenvalue weighted by molar-refractivity contribution is -0.116. The monoisotopic (exact) mass is 370 g/mol. The third-order valence-corrected chi connectivity index (χ3v) is 3.80. The minimum absolute atomic E-state index is 0.0575. The van der Waals surface area contributed by atoms with Crippen LogP contribution < -0.4 is 10.1 Å². The number of ether oxygens (including phenoxy) is 1. The maximum absolute atomic E-state index is 12.2. The average molecular weight is 371 g/mol. The molecule has 0 heterocycles. The summed E-state index contributed by atoms with van der Waals surface area (Å²) in [5.74, 6) is 0.349. The Labute approximate surface area is 157 Å². The number of hydrogen-bond acceptors (Lipinski definition) is 4. The van der Waals surface area contributed by atoms with Crippen LogP contribution in [-0.4, -0.2) is 18.3 Å². The van der Waals surface area contributed by atoms with Crippen LogP contribution in [0.2, 0.25) is 5.02 Å². The zero-order valence-electron chi connectivity index (χ0n) is 14.6. The van der Waals surface area contributed by atoms with E-state index in [0.717, 1.165) is 0 Å². The second-order valence-corrected chi connectivity index (χ2v) is 6.60. The first-order chi connectivity index (χ1) is 12.4. The van der Waals surface area contributed by atoms with E-state index in [9.17, 15) is 9.59 Å². The summed E-state index contributed by atoms with van der Waals surface area (Å²) in [5.41, 5.74) is 1.53. The predicted octanol–water partition coefficient (Wildman–Crippen LogP) is 4.46. The molecule has 0 fully saturated rings. The summed E-state index contributed by atoms with van der Waals surface area (Å²) in [5, 5.41) is 11.9. The van der Waals surface area contributed by atoms with Crippen molar-refractivity contribution in [1.29, 1.82) is 5.26 Å². The van der Waals surface area contributed by atoms with E-state index in [1.165, 1.54) is 6.07 Å². The summed E-state index contributed by atoms with van der Waals surface area (Å²) in [6.45, 7) is 3.77. The lowest BCUT2D eigenvalue weighted by Crippen LogP contribution is -2.14. The lowest BCUT2D eigenvalue weighted by atomic mass is 10.1. The fourth-order valence-corrected chi connectivity index (χ4v) is 2.47. The van der Waals surface area contributed by atoms with Gasteiger partial charge in [-0.2, -0.15) is 5.26 Å². The van der Waals surface area contributed by atoms with Crippen molar-refractivity contribution in [1.82, 2.24) is 0 Å². The van der Waals surface area contributed by atoms with Gasteiger partial charge in [0.25, 0.3) is 0 Å². The molecule has 1 N–H and O–H groups in total. The topological polar surface area (TPSA) is 79.2 Å². The first kappa shape index (κ1) is 19.5. The SMILES string of the molecule is CC(C)CC(=O)Nc1ccc(C(=O)COc2ccc(C#N)cc2Cl)cc1. The van der Waals surface area contributed by atoms with Crippen LogP contribution in [0.1, 0.15) is 36.2 Å². The Morgan fingerprint density at radius 3 is 2.46 bits per heavy atom. The van der Waals surface area contributed by atoms with Crippen LogP contribution in [-0.2, 0) is 4.79 Å². The first-order valence-electron chi connectivity index (χ1n) is 8.14. The van der Waals surface area contributed by atoms with Crippen LogP contribution in [0.5, 0.6) is 5.75 Å². The fourth-order valence-electron chi connectivity index (χ4n) is 2.24. The fraction of sp³-hybridized carbons (Fsp3) is 0.250. The Morgan fingerprint density at radius 2 is 1.88 bits per heavy atom. The van der Waals surface area contributed by atoms with Crippen molar-refractivity contribution in [3.05, 3.63) is 58.6 Å². The summed E-state index contributed by atoms with van der Waals surface area (Å²) in [6, 6.07) is 13.2. The van der Waals surface area contributed by atoms with Gasteiger partial charge >= 0.3 is 0 Å². The third-order valence-electron chi connectivity index (χ3n) is 3.50. The number of nitrogens with one attached hydrogen (secondary N) is 1. The van der Waals surface area contributed by atoms with Gasteiger partial charge in [0, 0.05) is 17.7 Å². The minimum Gasteiger partial charge on any atom is -0.484 e. The number of Topliss-reactive ketones (excluding diaryl/α,β-unsaturated/α-hetero) is 1. The number of nitriles is 1. The molecule has 2 aromatic carbocycles. The molecule has 0 aliphatic rings. The van der Waals surface area contributed by atoms with Gasteiger partial charge in [0.1, 0.15) is 5.75 Å². The Balaban J connectivity index is 1.94. The van der Waals surface area contributed by atoms with Crippen LogP contribution in [0.3, 0.4) is 0 Å². The van der Waals surface area contributed by atoms with Crippen molar-refractivity contribution in [3.63, 3.8) is 0 Å². The Morgan fingerprint density at radius 1 is 1.19 bits per heavy atom. The van der Waals surface area contributed by atoms with Crippen molar-refractivity contribution in [2.45, 2.75) is 20.3 Å². The minimum atomic E-state index is -0.217. The zero-order chi connectivity index (χ0) is 19.1. The van der Waals surface area contributed by atoms with E-state index >= 15 is 0 Å². The molecule has 0 aliphatic heterocycles. The molecule has 0 unspecified atom stereocenters. The largest absolute Gasteiger partial charge is 0.484 e. The highest BCUT2D eigenvalue weighted by atomic mass is 35.5. The molecular formula is C20H19ClN2O3. The Bertz CT molecular complexity index is 839. The molecule has 0 aromatic heterocycles. The lowest BCUT2D eigenvalue weighted by Gasteiger charge is -2.09. The molecule has 2 aromatic rings. The Kier molecular flexibility index (Phi) is 6.76. The van der Waals surface area contributed by atoms with Crippen molar-refractivity contribution >= 4 is 29.0 Å². The van der Waals surface area contributed by atoms with Gasteiger partial charge < -0.3 is 10.1 Å². The second kappa shape index (κ2) is 9.02. The number of anilines is 1. The molecule has 0 aliphatic carbocycles. The molecule has 0 spiro atoms. The number of hydrogen-bond donors (Lipinski definition) is 1. The van der Waals surface area contributed by atoms with Gasteiger partial charge in [0.15, 0.2) is 12.4 Å². The van der Waals surface area contributed by atoms with Crippen LogP contribution in [0.4, 0.5) is 5.69 Å². The van der Waals surface area contributed by atoms with E-state index in [4.69, 9.17) is 21.6 Å². The van der Waals surface area contributed by atoms with Crippen molar-refractivity contribution in [2.75, 3.05) is 11.9 Å². The van der Waals surface area contributed by atoms with E-state index in [1.54, 1.807) is 36.4 Å². The number of carbonyl (C=O) groups is 2. The Hall–Kier alpha value is -2.84. The molecule has 1 amide bonds. The van der Waals surface area contributed by atoms with Crippen LogP contribution in [0.25, 0.3) is 0 Å². The maximum atomic E-state index is 12.2. The molecule has 5 nitrogen and oxygen atoms in total. The average Bonchev–Trinajstić information content (AvgIpc) is 2.60. The van der Waals surface area contributed by atoms with Gasteiger partial charge in [-0.15, -0.1) is 0 Å². The quantitative estimate of drug-likeness (QED) is 0.730. The summed E-state index contributed by atoms with van der Waals surface area (Å²) in [6.07, 6.45) is 0.444. The highest BCUT2D eigenvalue weighted by Gasteiger charge is 2.10. The third kappa shape index (κ3) is 5.61. The van der Waals surface area contributed by atoms with E-state index < -0.39 is 0 Å². The molecule has 26 heavy (non-hydrogen) atoms. The van der Waals surface area contributed by atoms with Gasteiger partial charge in [-0.1, -0.05) is 25.4 Å². The number of nitrogens with zero attached hydrogens (tertiary/aromatic N) is 1. The van der Waals surface area contributed by atoms with Crippen LogP contribution in [0, 0.1) is 17.2 Å². The number of amides is 1. The highest BCUT2D eigenvalue weighted by molar-refractivity contribution is 6.32. The summed E-state index contributed by atoms with van der Waals surface area (Å²) in [4.78, 5) is 24.0. The van der Waals surface area contributed by atoms with Gasteiger partial charge in [0.2, 0.25) is 5.91 Å². The summed E-state index contributed by atoms with van der Waals surface area (Å²) in [7, 11) is 0. The first-order valence-corrected chi connectivity index (χ1v) is 8.52. The van der Waals surface area contributed by atoms with Gasteiger partial charge in [0.05, 0.1) is 16.7 Å². The number of rotatable bonds is 7. The maximum Gasteiger partial charge on any atom is 0.224 e. The highest BCUT2D eigenvalue weighted by Crippen LogP contribution is 2.25. The van der Waals surface area contributed by atoms with Crippen LogP contribution in [0.15, 0.2) is 42.5 Å². The molecule has 0 saturated carbocycles. The van der Waals surface area contributed by atoms with E-state index in [2.05, 4.69) is 5.32 Å². The molecule has 134 valence electrons. The molecule has 0 radical (unpaired) electrons. The second-order valence-electron chi connectivity index (χ2n) is 6.19. The van der Waals surface area contributed by atoms with Gasteiger partial charge in [-0.25, -0.2) is 0 Å². The van der Waals surface area contributed by atoms with Crippen molar-refractivity contribution in [2.24, 2.45) is 5.92 Å². The molecule has 2 rings (SSSR count). The van der Waals surface area contributed by atoms with Crippen molar-refractivity contribution in [3.8, 4) is 11.8 Å². The number of carbonyl (C=O) groups excluding carboxylic acids is 2. The van der Waals surface area contributed by atoms with Crippen molar-refractivity contribution < 1.29 is 14.3 Å². The molecule has 0 saturated heterocycles. The van der Waals surface area contributed by atoms with E-state index in [-0.39, 0.29) is 29.2 Å². The molecular weight excluding hydrogens is 352 g/mol. The van der Waals surface area contributed by atoms with Gasteiger partial charge in [-0.05, 0) is 48.4 Å². The number of benzene rings is 2. The normalized spacial score (nSPS) is 10.3. The number of ketones is 1. The van der Waals surface area contributed by atoms with Gasteiger partial charge in [-0.3, -0.25) is 9.59 Å². The van der Waals surface area contributed by atoms with E-state index in [0.29, 0.717) is 29.0 Å². The summed E-state index contributed by atoms with van der Waals surface area (Å²) >= 11 is 6.02. The predicted molar refractivity (Wildman–Crippen MR) is 101 cm³/mol. The molecule has 6 heteroatoms. The summed E-state index contributed by atoms with van der Waals surface area (Å²) < 4.78 is 5.43. The smallest absolute Gasteiger partial charge is 0.224 e. The van der Waals surface area contributed by atoms with E-state index in [1.807, 2.05) is 19.9 Å². The molecule has 0 bridgehead atoms. The molecule has 0 atom stereocenters. The van der Waals surface area contributed by atoms with Crippen LogP contribution >= 0.6 is 11.6 Å². The number of halogens is 1.